The van der Waals surface area contributed by atoms with Gasteiger partial charge in [-0.1, -0.05) is 6.07 Å². The van der Waals surface area contributed by atoms with Crippen LogP contribution in [0.4, 0.5) is 5.69 Å². The second kappa shape index (κ2) is 6.27. The molecule has 2 amide bonds. The second-order valence-electron chi connectivity index (χ2n) is 4.86. The van der Waals surface area contributed by atoms with E-state index in [1.165, 1.54) is 0 Å². The van der Waals surface area contributed by atoms with Gasteiger partial charge in [-0.2, -0.15) is 0 Å². The van der Waals surface area contributed by atoms with Gasteiger partial charge in [-0.25, -0.2) is 0 Å². The third-order valence-corrected chi connectivity index (χ3v) is 2.78. The number of hydrogen-bond acceptors (Lipinski definition) is 4. The molecule has 2 rings (SSSR count). The van der Waals surface area contributed by atoms with Crippen LogP contribution >= 0.6 is 0 Å². The Labute approximate surface area is 117 Å². The molecule has 0 atom stereocenters. The van der Waals surface area contributed by atoms with E-state index < -0.39 is 0 Å². The van der Waals surface area contributed by atoms with Crippen LogP contribution < -0.4 is 20.7 Å². The highest BCUT2D eigenvalue weighted by atomic mass is 16.5. The molecule has 0 aliphatic carbocycles. The number of carbonyl (C=O) groups is 2. The highest BCUT2D eigenvalue weighted by Crippen LogP contribution is 2.30. The Morgan fingerprint density at radius 3 is 2.95 bits per heavy atom. The summed E-state index contributed by atoms with van der Waals surface area (Å²) in [4.78, 5) is 23.6. The Balaban J connectivity index is 2.01. The molecule has 3 N–H and O–H groups in total. The van der Waals surface area contributed by atoms with Gasteiger partial charge in [0.25, 0.3) is 5.91 Å². The number of fused-ring (bicyclic) bond motifs is 1. The van der Waals surface area contributed by atoms with Crippen LogP contribution in [0.25, 0.3) is 0 Å². The van der Waals surface area contributed by atoms with Crippen molar-refractivity contribution in [2.45, 2.75) is 19.9 Å². The highest BCUT2D eigenvalue weighted by Gasteiger charge is 2.19. The summed E-state index contributed by atoms with van der Waals surface area (Å²) in [5.41, 5.74) is 1.24. The Morgan fingerprint density at radius 2 is 2.20 bits per heavy atom. The predicted molar refractivity (Wildman–Crippen MR) is 76.0 cm³/mol. The second-order valence-corrected chi connectivity index (χ2v) is 4.86. The lowest BCUT2D eigenvalue weighted by Crippen LogP contribution is -2.40. The number of nitrogens with one attached hydrogen (secondary N) is 3. The molecule has 0 saturated carbocycles. The summed E-state index contributed by atoms with van der Waals surface area (Å²) in [5.74, 6) is 0.0159. The van der Waals surface area contributed by atoms with E-state index in [2.05, 4.69) is 16.0 Å². The summed E-state index contributed by atoms with van der Waals surface area (Å²) in [5, 5.41) is 8.47. The minimum Gasteiger partial charge on any atom is -0.489 e. The number of amides is 2. The van der Waals surface area contributed by atoms with Gasteiger partial charge in [-0.15, -0.1) is 0 Å². The van der Waals surface area contributed by atoms with E-state index in [0.717, 1.165) is 12.2 Å². The number of ether oxygens (including phenoxy) is 1. The molecule has 6 heteroatoms. The number of anilines is 1. The van der Waals surface area contributed by atoms with Crippen molar-refractivity contribution in [3.8, 4) is 5.75 Å². The van der Waals surface area contributed by atoms with Crippen LogP contribution in [0, 0.1) is 0 Å². The lowest BCUT2D eigenvalue weighted by atomic mass is 10.1. The number of rotatable bonds is 4. The molecule has 0 aromatic heterocycles. The zero-order valence-electron chi connectivity index (χ0n) is 11.7. The quantitative estimate of drug-likeness (QED) is 0.758. The lowest BCUT2D eigenvalue weighted by molar-refractivity contribution is -0.120. The average Bonchev–Trinajstić information content (AvgIpc) is 2.43. The van der Waals surface area contributed by atoms with Gasteiger partial charge in [-0.05, 0) is 26.0 Å². The van der Waals surface area contributed by atoms with Gasteiger partial charge in [0.05, 0.1) is 17.8 Å². The summed E-state index contributed by atoms with van der Waals surface area (Å²) in [6, 6.07) is 5.37. The van der Waals surface area contributed by atoms with Gasteiger partial charge in [0.1, 0.15) is 6.61 Å². The van der Waals surface area contributed by atoms with E-state index in [9.17, 15) is 9.59 Å². The molecule has 6 nitrogen and oxygen atoms in total. The minimum absolute atomic E-state index is 0.0475. The molecule has 0 saturated heterocycles. The normalized spacial score (nSPS) is 12.9. The molecular weight excluding hydrogens is 258 g/mol. The standard InChI is InChI=1S/C14H19N3O3/c1-9(2)17-12(18)8-16-14(19)10-4-3-5-11-13(10)20-7-6-15-11/h3-5,9,15H,6-8H2,1-2H3,(H,16,19)(H,17,18). The van der Waals surface area contributed by atoms with E-state index >= 15 is 0 Å². The van der Waals surface area contributed by atoms with E-state index in [-0.39, 0.29) is 24.4 Å². The van der Waals surface area contributed by atoms with Crippen molar-refractivity contribution in [3.05, 3.63) is 23.8 Å². The monoisotopic (exact) mass is 277 g/mol. The third kappa shape index (κ3) is 3.40. The fourth-order valence-corrected chi connectivity index (χ4v) is 1.98. The molecule has 0 spiro atoms. The average molecular weight is 277 g/mol. The van der Waals surface area contributed by atoms with E-state index in [1.54, 1.807) is 12.1 Å². The van der Waals surface area contributed by atoms with Gasteiger partial charge in [0.15, 0.2) is 5.75 Å². The molecule has 20 heavy (non-hydrogen) atoms. The van der Waals surface area contributed by atoms with Crippen LogP contribution in [-0.2, 0) is 4.79 Å². The molecule has 0 unspecified atom stereocenters. The molecule has 108 valence electrons. The molecule has 0 bridgehead atoms. The van der Waals surface area contributed by atoms with Crippen LogP contribution in [0.1, 0.15) is 24.2 Å². The smallest absolute Gasteiger partial charge is 0.255 e. The molecule has 1 aromatic rings. The predicted octanol–water partition coefficient (Wildman–Crippen LogP) is 0.745. The number of para-hydroxylation sites is 1. The largest absolute Gasteiger partial charge is 0.489 e. The van der Waals surface area contributed by atoms with Crippen LogP contribution in [0.3, 0.4) is 0 Å². The van der Waals surface area contributed by atoms with E-state index in [1.807, 2.05) is 19.9 Å². The summed E-state index contributed by atoms with van der Waals surface area (Å²) < 4.78 is 5.52. The van der Waals surface area contributed by atoms with Crippen molar-refractivity contribution in [1.29, 1.82) is 0 Å². The molecule has 1 aliphatic heterocycles. The summed E-state index contributed by atoms with van der Waals surface area (Å²) >= 11 is 0. The van der Waals surface area contributed by atoms with Crippen LogP contribution in [0.2, 0.25) is 0 Å². The van der Waals surface area contributed by atoms with Crippen LogP contribution in [-0.4, -0.2) is 37.6 Å². The molecule has 1 aliphatic rings. The van der Waals surface area contributed by atoms with Crippen molar-refractivity contribution >= 4 is 17.5 Å². The minimum atomic E-state index is -0.315. The van der Waals surface area contributed by atoms with Crippen molar-refractivity contribution in [3.63, 3.8) is 0 Å². The summed E-state index contributed by atoms with van der Waals surface area (Å²) in [6.45, 7) is 4.92. The Hall–Kier alpha value is -2.24. The molecule has 1 aromatic carbocycles. The maximum Gasteiger partial charge on any atom is 0.255 e. The Morgan fingerprint density at radius 1 is 1.40 bits per heavy atom. The number of benzene rings is 1. The zero-order valence-corrected chi connectivity index (χ0v) is 11.7. The zero-order chi connectivity index (χ0) is 14.5. The summed E-state index contributed by atoms with van der Waals surface area (Å²) in [6.07, 6.45) is 0. The first-order valence-corrected chi connectivity index (χ1v) is 6.65. The van der Waals surface area contributed by atoms with Gasteiger partial charge in [0, 0.05) is 12.6 Å². The first-order chi connectivity index (χ1) is 9.58. The van der Waals surface area contributed by atoms with Gasteiger partial charge in [0.2, 0.25) is 5.91 Å². The molecule has 0 radical (unpaired) electrons. The van der Waals surface area contributed by atoms with Gasteiger partial charge in [-0.3, -0.25) is 9.59 Å². The topological polar surface area (TPSA) is 79.5 Å². The molecular formula is C14H19N3O3. The molecule has 0 fully saturated rings. The maximum atomic E-state index is 12.1. The first kappa shape index (κ1) is 14.2. The fraction of sp³-hybridized carbons (Fsp3) is 0.429. The van der Waals surface area contributed by atoms with Crippen LogP contribution in [0.15, 0.2) is 18.2 Å². The SMILES string of the molecule is CC(C)NC(=O)CNC(=O)c1cccc2c1OCCN2. The first-order valence-electron chi connectivity index (χ1n) is 6.65. The Kier molecular flexibility index (Phi) is 4.45. The number of carbonyl (C=O) groups excluding carboxylic acids is 2. The maximum absolute atomic E-state index is 12.1. The third-order valence-electron chi connectivity index (χ3n) is 2.78. The Bertz CT molecular complexity index is 514. The van der Waals surface area contributed by atoms with Gasteiger partial charge < -0.3 is 20.7 Å². The lowest BCUT2D eigenvalue weighted by Gasteiger charge is -2.21. The fourth-order valence-electron chi connectivity index (χ4n) is 1.98. The number of hydrogen-bond donors (Lipinski definition) is 3. The van der Waals surface area contributed by atoms with E-state index in [4.69, 9.17) is 4.74 Å². The van der Waals surface area contributed by atoms with Crippen molar-refractivity contribution < 1.29 is 14.3 Å². The summed E-state index contributed by atoms with van der Waals surface area (Å²) in [7, 11) is 0. The van der Waals surface area contributed by atoms with E-state index in [0.29, 0.717) is 17.9 Å². The van der Waals surface area contributed by atoms with Crippen molar-refractivity contribution in [2.24, 2.45) is 0 Å². The van der Waals surface area contributed by atoms with Crippen molar-refractivity contribution in [1.82, 2.24) is 10.6 Å². The van der Waals surface area contributed by atoms with Crippen LogP contribution in [0.5, 0.6) is 5.75 Å². The highest BCUT2D eigenvalue weighted by molar-refractivity contribution is 6.00. The van der Waals surface area contributed by atoms with Gasteiger partial charge >= 0.3 is 0 Å². The van der Waals surface area contributed by atoms with Crippen molar-refractivity contribution in [2.75, 3.05) is 25.0 Å². The molecule has 1 heterocycles.